The van der Waals surface area contributed by atoms with Crippen LogP contribution in [-0.4, -0.2) is 117 Å². The van der Waals surface area contributed by atoms with Gasteiger partial charge in [0.05, 0.1) is 29.0 Å². The number of aromatic amines is 9. The molecule has 0 amide bonds. The van der Waals surface area contributed by atoms with Crippen molar-refractivity contribution >= 4 is 55.8 Å². The molecule has 0 saturated heterocycles. The molecular weight excluding hydrogens is 770 g/mol. The van der Waals surface area contributed by atoms with Crippen molar-refractivity contribution in [2.24, 2.45) is 0 Å². The zero-order valence-corrected chi connectivity index (χ0v) is 29.9. The molecule has 0 radical (unpaired) electrons. The molecule has 26 nitrogen and oxygen atoms in total. The summed E-state index contributed by atoms with van der Waals surface area (Å²) in [5.74, 6) is -2.53. The molecule has 52 heavy (non-hydrogen) atoms. The number of carbonyl (C=O) groups is 3. The van der Waals surface area contributed by atoms with Crippen LogP contribution in [0.4, 0.5) is 0 Å². The smallest absolute Gasteiger partial charge is 0.330 e. The maximum absolute atomic E-state index is 10.2. The minimum absolute atomic E-state index is 0.125. The molecule has 3 atom stereocenters. The van der Waals surface area contributed by atoms with Crippen molar-refractivity contribution in [3.8, 4) is 0 Å². The van der Waals surface area contributed by atoms with Crippen molar-refractivity contribution in [1.29, 1.82) is 0 Å². The molecule has 3 rings (SSSR count). The lowest BCUT2D eigenvalue weighted by atomic mass is 10.3. The van der Waals surface area contributed by atoms with Gasteiger partial charge in [0, 0.05) is 0 Å². The van der Waals surface area contributed by atoms with E-state index in [4.69, 9.17) is 25.5 Å². The fourth-order valence-electron chi connectivity index (χ4n) is 1.73. The molecule has 3 aromatic rings. The van der Waals surface area contributed by atoms with Gasteiger partial charge in [-0.25, -0.2) is 43.2 Å². The van der Waals surface area contributed by atoms with E-state index in [1.54, 1.807) is 65.6 Å². The Balaban J connectivity index is -0.000000262. The lowest BCUT2D eigenvalue weighted by molar-refractivity contribution is -0.137. The number of H-pyrrole nitrogens is 9. The van der Waals surface area contributed by atoms with Crippen LogP contribution in [0, 0.1) is 0 Å². The van der Waals surface area contributed by atoms with Crippen LogP contribution >= 0.6 is 37.9 Å². The van der Waals surface area contributed by atoms with Gasteiger partial charge in [-0.05, 0) is 19.3 Å². The van der Waals surface area contributed by atoms with Crippen LogP contribution in [0.15, 0.2) is 43.2 Å². The molecule has 0 aliphatic rings. The highest BCUT2D eigenvalue weighted by Crippen LogP contribution is 1.99. The van der Waals surface area contributed by atoms with E-state index in [0.29, 0.717) is 19.3 Å². The second-order valence-electron chi connectivity index (χ2n) is 8.32. The van der Waals surface area contributed by atoms with Gasteiger partial charge in [-0.3, -0.25) is 59.2 Å². The Morgan fingerprint density at radius 2 is 0.519 bits per heavy atom. The molecule has 0 bridgehead atoms. The molecule has 0 aliphatic carbocycles. The fraction of sp³-hybridized carbons (Fsp3) is 0.478. The van der Waals surface area contributed by atoms with Crippen molar-refractivity contribution in [3.05, 3.63) is 94.4 Å². The number of aliphatic hydroxyl groups excluding tert-OH is 2. The zero-order chi connectivity index (χ0) is 41.6. The molecule has 3 aromatic heterocycles. The summed E-state index contributed by atoms with van der Waals surface area (Å²) < 4.78 is 0. The van der Waals surface area contributed by atoms with Crippen molar-refractivity contribution in [1.82, 2.24) is 44.9 Å². The first kappa shape index (κ1) is 53.4. The van der Waals surface area contributed by atoms with E-state index in [2.05, 4.69) is 37.9 Å². The number of carboxylic acid groups (broad SMARTS) is 3. The van der Waals surface area contributed by atoms with E-state index >= 15 is 0 Å². The SMILES string of the molecule is CCC(S)C(=O)O.CCC(S)C(=O)O.CCC(S)C(=O)O.O=c1[nH]c(=O)[nH]c(=O)[nH]1.O=c1[nH]c(=O)[nH]c(=O)[nH]1.O=c1[nH]c(=O)[nH]c(=O)[nH]1.OCCO. The Morgan fingerprint density at radius 1 is 0.404 bits per heavy atom. The second-order valence-corrected chi connectivity index (χ2v) is 10.2. The molecular formula is C23H39N9O17S3. The summed E-state index contributed by atoms with van der Waals surface area (Å²) in [6, 6.07) is 0. The zero-order valence-electron chi connectivity index (χ0n) is 27.2. The first-order chi connectivity index (χ1) is 24.0. The van der Waals surface area contributed by atoms with E-state index < -0.39 is 84.9 Å². The van der Waals surface area contributed by atoms with Gasteiger partial charge in [-0.2, -0.15) is 37.9 Å². The van der Waals surface area contributed by atoms with Crippen LogP contribution in [0.25, 0.3) is 0 Å². The number of hydrogen-bond acceptors (Lipinski definition) is 17. The molecule has 3 heterocycles. The van der Waals surface area contributed by atoms with Crippen molar-refractivity contribution < 1.29 is 39.9 Å². The predicted molar refractivity (Wildman–Crippen MR) is 191 cm³/mol. The molecule has 296 valence electrons. The lowest BCUT2D eigenvalue weighted by Crippen LogP contribution is -2.34. The number of aromatic nitrogens is 9. The van der Waals surface area contributed by atoms with Crippen LogP contribution in [0.5, 0.6) is 0 Å². The third-order valence-corrected chi connectivity index (χ3v) is 5.92. The molecule has 14 N–H and O–H groups in total. The Bertz CT molecular complexity index is 1530. The van der Waals surface area contributed by atoms with E-state index in [-0.39, 0.29) is 13.2 Å². The van der Waals surface area contributed by atoms with E-state index in [0.717, 1.165) is 0 Å². The van der Waals surface area contributed by atoms with Gasteiger partial charge < -0.3 is 25.5 Å². The molecule has 3 unspecified atom stereocenters. The van der Waals surface area contributed by atoms with Crippen molar-refractivity contribution in [2.75, 3.05) is 13.2 Å². The van der Waals surface area contributed by atoms with Gasteiger partial charge in [-0.1, -0.05) is 20.8 Å². The van der Waals surface area contributed by atoms with Gasteiger partial charge in [0.15, 0.2) is 0 Å². The number of carboxylic acids is 3. The van der Waals surface area contributed by atoms with Gasteiger partial charge in [0.25, 0.3) is 0 Å². The number of aliphatic carboxylic acids is 3. The molecule has 0 aromatic carbocycles. The highest BCUT2D eigenvalue weighted by molar-refractivity contribution is 7.82. The fourth-order valence-corrected chi connectivity index (χ4v) is 1.73. The molecule has 0 spiro atoms. The average molecular weight is 810 g/mol. The van der Waals surface area contributed by atoms with Gasteiger partial charge >= 0.3 is 69.1 Å². The van der Waals surface area contributed by atoms with E-state index in [9.17, 15) is 57.5 Å². The monoisotopic (exact) mass is 809 g/mol. The molecule has 0 saturated carbocycles. The van der Waals surface area contributed by atoms with Crippen molar-refractivity contribution in [3.63, 3.8) is 0 Å². The first-order valence-corrected chi connectivity index (χ1v) is 15.3. The third-order valence-electron chi connectivity index (χ3n) is 4.16. The number of thiol groups is 3. The summed E-state index contributed by atoms with van der Waals surface area (Å²) in [4.78, 5) is 137. The standard InChI is InChI=1S/3C4H8O2S.3C3H3N3O3.C2H6O2/c3*1-2-3(7)4(5)6;3*7-1-4-2(8)6-3(9)5-1;3-1-2-4/h3*3,7H,2H2,1H3,(H,5,6);3*(H3,4,5,6,7,8,9);3-4H,1-2H2. The Kier molecular flexibility index (Phi) is 32.4. The van der Waals surface area contributed by atoms with Gasteiger partial charge in [0.2, 0.25) is 0 Å². The second kappa shape index (κ2) is 31.6. The number of rotatable bonds is 7. The van der Waals surface area contributed by atoms with E-state index in [1.807, 2.05) is 0 Å². The largest absolute Gasteiger partial charge is 0.480 e. The summed E-state index contributed by atoms with van der Waals surface area (Å²) in [6.45, 7) is 5.10. The Labute approximate surface area is 303 Å². The predicted octanol–water partition coefficient (Wildman–Crippen LogP) is -5.44. The molecule has 0 fully saturated rings. The number of nitrogens with one attached hydrogen (secondary N) is 9. The number of hydrogen-bond donors (Lipinski definition) is 17. The first-order valence-electron chi connectivity index (χ1n) is 13.7. The third kappa shape index (κ3) is 34.5. The highest BCUT2D eigenvalue weighted by Gasteiger charge is 2.07. The summed E-state index contributed by atoms with van der Waals surface area (Å²) in [7, 11) is 0. The topological polar surface area (TPSA) is 448 Å². The van der Waals surface area contributed by atoms with Crippen molar-refractivity contribution in [2.45, 2.75) is 55.8 Å². The van der Waals surface area contributed by atoms with Crippen LogP contribution in [0.3, 0.4) is 0 Å². The van der Waals surface area contributed by atoms with E-state index in [1.165, 1.54) is 0 Å². The minimum atomic E-state index is -0.842. The molecule has 0 aliphatic heterocycles. The normalized spacial score (nSPS) is 10.8. The Morgan fingerprint density at radius 3 is 0.558 bits per heavy atom. The summed E-state index contributed by atoms with van der Waals surface area (Å²) >= 11 is 11.2. The maximum Gasteiger partial charge on any atom is 0.330 e. The van der Waals surface area contributed by atoms with Crippen LogP contribution in [0.1, 0.15) is 40.0 Å². The summed E-state index contributed by atoms with van der Waals surface area (Å²) in [6.07, 6.45) is 1.75. The van der Waals surface area contributed by atoms with Crippen LogP contribution in [-0.2, 0) is 14.4 Å². The minimum Gasteiger partial charge on any atom is -0.480 e. The quantitative estimate of drug-likeness (QED) is 0.0990. The number of aliphatic hydroxyl groups is 2. The van der Waals surface area contributed by atoms with Gasteiger partial charge in [0.1, 0.15) is 0 Å². The molecule has 29 heteroatoms. The van der Waals surface area contributed by atoms with Gasteiger partial charge in [-0.15, -0.1) is 0 Å². The maximum atomic E-state index is 10.2. The average Bonchev–Trinajstić information content (AvgIpc) is 3.03. The highest BCUT2D eigenvalue weighted by atomic mass is 32.1. The van der Waals surface area contributed by atoms with Crippen LogP contribution in [0.2, 0.25) is 0 Å². The summed E-state index contributed by atoms with van der Waals surface area (Å²) in [5.41, 5.74) is -7.22. The lowest BCUT2D eigenvalue weighted by Gasteiger charge is -1.95. The Hall–Kier alpha value is -5.39. The summed E-state index contributed by atoms with van der Waals surface area (Å²) in [5, 5.41) is 38.1. The van der Waals surface area contributed by atoms with Crippen LogP contribution < -0.4 is 51.2 Å².